The molecule has 0 bridgehead atoms. The van der Waals surface area contributed by atoms with Gasteiger partial charge < -0.3 is 20.1 Å². The standard InChI is InChI=1S/C24H28Cl2N4O6/c1-24(16-5-7-17(8-6-16)36-14-15-12-19(25)28-20(26)13-15)9-11-30(22(24)32)18(21(31)29-35)4-2-3-10-27-23(33)34/h5-8,12-13,18,27,35H,2-4,9-11,14H2,1H3,(H,29,31)(H,33,34)/t18-,24?/m1/s1. The van der Waals surface area contributed by atoms with Crippen molar-refractivity contribution in [3.05, 3.63) is 57.8 Å². The van der Waals surface area contributed by atoms with Crippen LogP contribution in [0.5, 0.6) is 5.75 Å². The monoisotopic (exact) mass is 538 g/mol. The molecule has 1 aromatic heterocycles. The van der Waals surface area contributed by atoms with Crippen LogP contribution in [0.4, 0.5) is 4.79 Å². The van der Waals surface area contributed by atoms with Crippen LogP contribution in [-0.4, -0.2) is 57.2 Å². The Morgan fingerprint density at radius 3 is 2.47 bits per heavy atom. The molecule has 12 heteroatoms. The lowest BCUT2D eigenvalue weighted by Crippen LogP contribution is -2.49. The Morgan fingerprint density at radius 1 is 1.19 bits per heavy atom. The minimum absolute atomic E-state index is 0.213. The first-order valence-corrected chi connectivity index (χ1v) is 12.2. The molecule has 0 spiro atoms. The zero-order valence-electron chi connectivity index (χ0n) is 19.7. The first kappa shape index (κ1) is 27.5. The van der Waals surface area contributed by atoms with Crippen LogP contribution in [0.25, 0.3) is 0 Å². The molecule has 1 saturated heterocycles. The van der Waals surface area contributed by atoms with Gasteiger partial charge in [-0.3, -0.25) is 14.8 Å². The number of hydroxylamine groups is 1. The highest BCUT2D eigenvalue weighted by Crippen LogP contribution is 2.37. The minimum Gasteiger partial charge on any atom is -0.489 e. The molecule has 1 unspecified atom stereocenters. The maximum atomic E-state index is 13.4. The van der Waals surface area contributed by atoms with E-state index in [1.807, 2.05) is 19.1 Å². The average molecular weight is 539 g/mol. The number of pyridine rings is 1. The number of halogens is 2. The summed E-state index contributed by atoms with van der Waals surface area (Å²) in [6.45, 7) is 2.66. The Hall–Kier alpha value is -3.08. The van der Waals surface area contributed by atoms with Crippen LogP contribution in [-0.2, 0) is 21.6 Å². The van der Waals surface area contributed by atoms with Crippen molar-refractivity contribution >= 4 is 41.1 Å². The molecule has 3 rings (SSSR count). The van der Waals surface area contributed by atoms with E-state index in [-0.39, 0.29) is 29.4 Å². The van der Waals surface area contributed by atoms with Gasteiger partial charge in [-0.05, 0) is 68.0 Å². The summed E-state index contributed by atoms with van der Waals surface area (Å²) in [5.41, 5.74) is 2.36. The highest BCUT2D eigenvalue weighted by Gasteiger charge is 2.47. The Balaban J connectivity index is 1.64. The number of amides is 3. The van der Waals surface area contributed by atoms with Crippen LogP contribution in [0.2, 0.25) is 10.3 Å². The molecule has 0 radical (unpaired) electrons. The van der Waals surface area contributed by atoms with Crippen molar-refractivity contribution in [2.75, 3.05) is 13.1 Å². The van der Waals surface area contributed by atoms with Gasteiger partial charge in [0.1, 0.15) is 28.7 Å². The van der Waals surface area contributed by atoms with Gasteiger partial charge in [-0.2, -0.15) is 0 Å². The van der Waals surface area contributed by atoms with Gasteiger partial charge in [-0.25, -0.2) is 15.3 Å². The van der Waals surface area contributed by atoms with E-state index in [9.17, 15) is 19.6 Å². The summed E-state index contributed by atoms with van der Waals surface area (Å²) in [5, 5.41) is 20.7. The fourth-order valence-corrected chi connectivity index (χ4v) is 4.78. The van der Waals surface area contributed by atoms with E-state index in [4.69, 9.17) is 33.0 Å². The van der Waals surface area contributed by atoms with Crippen LogP contribution in [0.15, 0.2) is 36.4 Å². The van der Waals surface area contributed by atoms with E-state index in [1.54, 1.807) is 29.7 Å². The van der Waals surface area contributed by atoms with Gasteiger partial charge in [0, 0.05) is 13.1 Å². The number of unbranched alkanes of at least 4 members (excludes halogenated alkanes) is 1. The number of likely N-dealkylation sites (tertiary alicyclic amines) is 1. The molecule has 2 aromatic rings. The molecule has 1 aliphatic rings. The summed E-state index contributed by atoms with van der Waals surface area (Å²) < 4.78 is 5.80. The van der Waals surface area contributed by atoms with Gasteiger partial charge in [0.05, 0.1) is 5.41 Å². The maximum Gasteiger partial charge on any atom is 0.404 e. The van der Waals surface area contributed by atoms with E-state index in [2.05, 4.69) is 10.3 Å². The van der Waals surface area contributed by atoms with Crippen molar-refractivity contribution in [1.29, 1.82) is 0 Å². The fourth-order valence-electron chi connectivity index (χ4n) is 4.28. The van der Waals surface area contributed by atoms with Crippen molar-refractivity contribution in [3.8, 4) is 5.75 Å². The molecule has 1 fully saturated rings. The maximum absolute atomic E-state index is 13.4. The van der Waals surface area contributed by atoms with Gasteiger partial charge in [0.25, 0.3) is 5.91 Å². The van der Waals surface area contributed by atoms with Crippen molar-refractivity contribution < 1.29 is 29.4 Å². The van der Waals surface area contributed by atoms with Gasteiger partial charge in [-0.15, -0.1) is 0 Å². The number of aromatic nitrogens is 1. The summed E-state index contributed by atoms with van der Waals surface area (Å²) in [6.07, 6.45) is 0.674. The van der Waals surface area contributed by atoms with Crippen LogP contribution < -0.4 is 15.5 Å². The van der Waals surface area contributed by atoms with Crippen molar-refractivity contribution in [2.24, 2.45) is 0 Å². The largest absolute Gasteiger partial charge is 0.489 e. The SMILES string of the molecule is CC1(c2ccc(OCc3cc(Cl)nc(Cl)c3)cc2)CCN([C@H](CCCCNC(=O)O)C(=O)NO)C1=O. The van der Waals surface area contributed by atoms with Gasteiger partial charge >= 0.3 is 6.09 Å². The van der Waals surface area contributed by atoms with Gasteiger partial charge in [0.15, 0.2) is 0 Å². The first-order valence-electron chi connectivity index (χ1n) is 11.4. The number of nitrogens with one attached hydrogen (secondary N) is 2. The molecule has 36 heavy (non-hydrogen) atoms. The average Bonchev–Trinajstić information content (AvgIpc) is 3.14. The second-order valence-electron chi connectivity index (χ2n) is 8.73. The van der Waals surface area contributed by atoms with Crippen LogP contribution in [0.3, 0.4) is 0 Å². The zero-order valence-corrected chi connectivity index (χ0v) is 21.2. The van der Waals surface area contributed by atoms with E-state index in [0.717, 1.165) is 11.1 Å². The predicted molar refractivity (Wildman–Crippen MR) is 132 cm³/mol. The first-order chi connectivity index (χ1) is 17.1. The molecule has 3 amide bonds. The van der Waals surface area contributed by atoms with Gasteiger partial charge in [-0.1, -0.05) is 35.3 Å². The van der Waals surface area contributed by atoms with E-state index in [1.165, 1.54) is 4.90 Å². The molecular formula is C24H28Cl2N4O6. The molecular weight excluding hydrogens is 511 g/mol. The number of hydrogen-bond acceptors (Lipinski definition) is 6. The number of carbonyl (C=O) groups is 3. The third-order valence-electron chi connectivity index (χ3n) is 6.27. The van der Waals surface area contributed by atoms with Crippen molar-refractivity contribution in [3.63, 3.8) is 0 Å². The molecule has 2 atom stereocenters. The molecule has 10 nitrogen and oxygen atoms in total. The second kappa shape index (κ2) is 12.2. The number of nitrogens with zero attached hydrogens (tertiary/aromatic N) is 2. The molecule has 0 saturated carbocycles. The highest BCUT2D eigenvalue weighted by molar-refractivity contribution is 6.32. The second-order valence-corrected chi connectivity index (χ2v) is 9.51. The third kappa shape index (κ3) is 6.77. The smallest absolute Gasteiger partial charge is 0.404 e. The molecule has 2 heterocycles. The Kier molecular flexibility index (Phi) is 9.36. The summed E-state index contributed by atoms with van der Waals surface area (Å²) in [5.74, 6) is -0.283. The lowest BCUT2D eigenvalue weighted by atomic mass is 9.81. The summed E-state index contributed by atoms with van der Waals surface area (Å²) in [4.78, 5) is 41.7. The summed E-state index contributed by atoms with van der Waals surface area (Å²) >= 11 is 11.8. The number of carbonyl (C=O) groups excluding carboxylic acids is 2. The summed E-state index contributed by atoms with van der Waals surface area (Å²) in [6, 6.07) is 9.66. The number of ether oxygens (including phenoxy) is 1. The zero-order chi connectivity index (χ0) is 26.3. The Labute approximate surface area is 218 Å². The quantitative estimate of drug-likeness (QED) is 0.147. The fraction of sp³-hybridized carbons (Fsp3) is 0.417. The topological polar surface area (TPSA) is 141 Å². The lowest BCUT2D eigenvalue weighted by molar-refractivity contribution is -0.144. The third-order valence-corrected chi connectivity index (χ3v) is 6.66. The molecule has 0 aliphatic carbocycles. The van der Waals surface area contributed by atoms with E-state index >= 15 is 0 Å². The molecule has 4 N–H and O–H groups in total. The van der Waals surface area contributed by atoms with Gasteiger partial charge in [0.2, 0.25) is 5.91 Å². The number of rotatable bonds is 11. The van der Waals surface area contributed by atoms with Crippen LogP contribution >= 0.6 is 23.2 Å². The number of benzene rings is 1. The summed E-state index contributed by atoms with van der Waals surface area (Å²) in [7, 11) is 0. The number of hydrogen-bond donors (Lipinski definition) is 4. The Bertz CT molecular complexity index is 1080. The van der Waals surface area contributed by atoms with Crippen LogP contribution in [0, 0.1) is 0 Å². The van der Waals surface area contributed by atoms with Crippen molar-refractivity contribution in [2.45, 2.75) is 50.7 Å². The van der Waals surface area contributed by atoms with Crippen LogP contribution in [0.1, 0.15) is 43.7 Å². The highest BCUT2D eigenvalue weighted by atomic mass is 35.5. The predicted octanol–water partition coefficient (Wildman–Crippen LogP) is 3.77. The molecule has 194 valence electrons. The lowest BCUT2D eigenvalue weighted by Gasteiger charge is -2.29. The van der Waals surface area contributed by atoms with Crippen molar-refractivity contribution in [1.82, 2.24) is 20.7 Å². The molecule has 1 aliphatic heterocycles. The normalized spacial score (nSPS) is 18.1. The number of carboxylic acid groups (broad SMARTS) is 1. The minimum atomic E-state index is -1.12. The molecule has 1 aromatic carbocycles. The van der Waals surface area contributed by atoms with E-state index < -0.39 is 23.5 Å². The van der Waals surface area contributed by atoms with E-state index in [0.29, 0.717) is 38.0 Å². The Morgan fingerprint density at radius 2 is 1.86 bits per heavy atom.